The lowest BCUT2D eigenvalue weighted by molar-refractivity contribution is -0.143. The van der Waals surface area contributed by atoms with E-state index in [-0.39, 0.29) is 5.69 Å². The largest absolute Gasteiger partial charge is 0.476 e. The van der Waals surface area contributed by atoms with Crippen LogP contribution in [0.5, 0.6) is 5.75 Å². The van der Waals surface area contributed by atoms with Gasteiger partial charge in [-0.3, -0.25) is 0 Å². The molecule has 0 bridgehead atoms. The molecule has 18 heavy (non-hydrogen) atoms. The minimum Gasteiger partial charge on any atom is -0.476 e. The molecule has 6 heteroatoms. The predicted octanol–water partition coefficient (Wildman–Crippen LogP) is 0.750. The van der Waals surface area contributed by atoms with Crippen LogP contribution in [0.15, 0.2) is 18.2 Å². The lowest BCUT2D eigenvalue weighted by atomic mass is 10.2. The zero-order valence-electron chi connectivity index (χ0n) is 9.84. The Balaban J connectivity index is 2.14. The molecule has 96 valence electrons. The maximum absolute atomic E-state index is 11.3. The Morgan fingerprint density at radius 1 is 1.50 bits per heavy atom. The van der Waals surface area contributed by atoms with Crippen molar-refractivity contribution in [2.24, 2.45) is 0 Å². The third-order valence-corrected chi connectivity index (χ3v) is 2.59. The van der Waals surface area contributed by atoms with Gasteiger partial charge in [0.05, 0.1) is 25.0 Å². The Kier molecular flexibility index (Phi) is 3.36. The Morgan fingerprint density at radius 3 is 2.83 bits per heavy atom. The highest BCUT2D eigenvalue weighted by atomic mass is 16.6. The van der Waals surface area contributed by atoms with Crippen molar-refractivity contribution >= 4 is 17.6 Å². The van der Waals surface area contributed by atoms with E-state index < -0.39 is 18.0 Å². The minimum atomic E-state index is -0.628. The summed E-state index contributed by atoms with van der Waals surface area (Å²) in [6.45, 7) is 0.351. The molecule has 1 aromatic rings. The first kappa shape index (κ1) is 12.2. The normalized spacial score (nSPS) is 18.3. The molecule has 2 rings (SSSR count). The van der Waals surface area contributed by atoms with E-state index in [9.17, 15) is 9.59 Å². The van der Waals surface area contributed by atoms with E-state index in [0.717, 1.165) is 0 Å². The number of hydrogen-bond donors (Lipinski definition) is 1. The van der Waals surface area contributed by atoms with E-state index in [1.807, 2.05) is 0 Å². The summed E-state index contributed by atoms with van der Waals surface area (Å²) in [7, 11) is 1.29. The van der Waals surface area contributed by atoms with Crippen molar-refractivity contribution in [3.05, 3.63) is 23.8 Å². The van der Waals surface area contributed by atoms with E-state index >= 15 is 0 Å². The number of anilines is 1. The second-order valence-corrected chi connectivity index (χ2v) is 3.81. The van der Waals surface area contributed by atoms with Crippen molar-refractivity contribution in [3.8, 4) is 5.75 Å². The van der Waals surface area contributed by atoms with Crippen LogP contribution in [-0.2, 0) is 14.3 Å². The predicted molar refractivity (Wildman–Crippen MR) is 62.2 cm³/mol. The standard InChI is InChI=1S/C12H13NO5/c1-16-11(14)7-2-3-9(8(13)6-7)18-10-4-5-17-12(10)15/h2-3,6,10H,4-5,13H2,1H3. The highest BCUT2D eigenvalue weighted by Gasteiger charge is 2.29. The lowest BCUT2D eigenvalue weighted by Crippen LogP contribution is -2.22. The first-order valence-electron chi connectivity index (χ1n) is 5.43. The first-order valence-corrected chi connectivity index (χ1v) is 5.43. The van der Waals surface area contributed by atoms with Gasteiger partial charge in [-0.1, -0.05) is 0 Å². The van der Waals surface area contributed by atoms with Crippen LogP contribution < -0.4 is 10.5 Å². The summed E-state index contributed by atoms with van der Waals surface area (Å²) in [4.78, 5) is 22.5. The number of ether oxygens (including phenoxy) is 3. The van der Waals surface area contributed by atoms with Crippen LogP contribution >= 0.6 is 0 Å². The second-order valence-electron chi connectivity index (χ2n) is 3.81. The first-order chi connectivity index (χ1) is 8.61. The van der Waals surface area contributed by atoms with Gasteiger partial charge in [-0.2, -0.15) is 0 Å². The summed E-state index contributed by atoms with van der Waals surface area (Å²) < 4.78 is 14.8. The van der Waals surface area contributed by atoms with E-state index in [0.29, 0.717) is 24.3 Å². The van der Waals surface area contributed by atoms with Crippen molar-refractivity contribution in [2.75, 3.05) is 19.5 Å². The molecule has 0 aromatic heterocycles. The third kappa shape index (κ3) is 2.37. The Bertz CT molecular complexity index is 485. The summed E-state index contributed by atoms with van der Waals surface area (Å²) in [5.41, 5.74) is 6.36. The third-order valence-electron chi connectivity index (χ3n) is 2.59. The number of cyclic esters (lactones) is 1. The highest BCUT2D eigenvalue weighted by molar-refractivity contribution is 5.91. The van der Waals surface area contributed by atoms with Crippen LogP contribution in [-0.4, -0.2) is 31.8 Å². The van der Waals surface area contributed by atoms with Crippen molar-refractivity contribution in [1.29, 1.82) is 0 Å². The number of nitrogens with two attached hydrogens (primary N) is 1. The van der Waals surface area contributed by atoms with Crippen LogP contribution in [0.25, 0.3) is 0 Å². The molecule has 0 radical (unpaired) electrons. The van der Waals surface area contributed by atoms with Crippen molar-refractivity contribution in [1.82, 2.24) is 0 Å². The van der Waals surface area contributed by atoms with Gasteiger partial charge in [0.25, 0.3) is 0 Å². The summed E-state index contributed by atoms with van der Waals surface area (Å²) >= 11 is 0. The van der Waals surface area contributed by atoms with Crippen molar-refractivity contribution in [3.63, 3.8) is 0 Å². The van der Waals surface area contributed by atoms with E-state index in [2.05, 4.69) is 4.74 Å². The molecule has 1 saturated heterocycles. The Hall–Kier alpha value is -2.24. The van der Waals surface area contributed by atoms with Crippen molar-refractivity contribution < 1.29 is 23.8 Å². The fraction of sp³-hybridized carbons (Fsp3) is 0.333. The maximum Gasteiger partial charge on any atom is 0.347 e. The molecule has 1 aliphatic heterocycles. The number of carbonyl (C=O) groups excluding carboxylic acids is 2. The molecule has 1 aromatic carbocycles. The van der Waals surface area contributed by atoms with E-state index in [1.165, 1.54) is 25.3 Å². The van der Waals surface area contributed by atoms with Gasteiger partial charge in [0.1, 0.15) is 5.75 Å². The van der Waals surface area contributed by atoms with Crippen LogP contribution in [0, 0.1) is 0 Å². The van der Waals surface area contributed by atoms with Crippen molar-refractivity contribution in [2.45, 2.75) is 12.5 Å². The molecule has 0 spiro atoms. The van der Waals surface area contributed by atoms with Gasteiger partial charge in [-0.25, -0.2) is 9.59 Å². The smallest absolute Gasteiger partial charge is 0.347 e. The second kappa shape index (κ2) is 4.95. The van der Waals surface area contributed by atoms with Gasteiger partial charge in [0.15, 0.2) is 6.10 Å². The van der Waals surface area contributed by atoms with Gasteiger partial charge in [-0.05, 0) is 18.2 Å². The van der Waals surface area contributed by atoms with Crippen LogP contribution in [0.2, 0.25) is 0 Å². The molecule has 1 atom stereocenters. The lowest BCUT2D eigenvalue weighted by Gasteiger charge is -2.12. The molecule has 1 heterocycles. The molecular formula is C12H13NO5. The summed E-state index contributed by atoms with van der Waals surface area (Å²) in [6, 6.07) is 4.51. The molecular weight excluding hydrogens is 238 g/mol. The zero-order chi connectivity index (χ0) is 13.1. The summed E-state index contributed by atoms with van der Waals surface area (Å²) in [5.74, 6) is -0.522. The zero-order valence-corrected chi connectivity index (χ0v) is 9.84. The molecule has 0 saturated carbocycles. The average molecular weight is 251 g/mol. The maximum atomic E-state index is 11.3. The number of benzene rings is 1. The SMILES string of the molecule is COC(=O)c1ccc(OC2CCOC2=O)c(N)c1. The molecule has 1 unspecified atom stereocenters. The van der Waals surface area contributed by atoms with Crippen LogP contribution in [0.3, 0.4) is 0 Å². The minimum absolute atomic E-state index is 0.276. The fourth-order valence-corrected chi connectivity index (χ4v) is 1.64. The topological polar surface area (TPSA) is 87.9 Å². The molecule has 6 nitrogen and oxygen atoms in total. The molecule has 0 aliphatic carbocycles. The summed E-state index contributed by atoms with van der Waals surface area (Å²) in [6.07, 6.45) is -0.131. The number of nitrogen functional groups attached to an aromatic ring is 1. The fourth-order valence-electron chi connectivity index (χ4n) is 1.64. The molecule has 0 amide bonds. The van der Waals surface area contributed by atoms with E-state index in [4.69, 9.17) is 15.2 Å². The van der Waals surface area contributed by atoms with E-state index in [1.54, 1.807) is 0 Å². The quantitative estimate of drug-likeness (QED) is 0.630. The number of carbonyl (C=O) groups is 2. The average Bonchev–Trinajstić information content (AvgIpc) is 2.76. The van der Waals surface area contributed by atoms with Crippen LogP contribution in [0.4, 0.5) is 5.69 Å². The molecule has 1 aliphatic rings. The highest BCUT2D eigenvalue weighted by Crippen LogP contribution is 2.26. The monoisotopic (exact) mass is 251 g/mol. The summed E-state index contributed by atoms with van der Waals surface area (Å²) in [5, 5.41) is 0. The number of esters is 2. The Morgan fingerprint density at radius 2 is 2.28 bits per heavy atom. The van der Waals surface area contributed by atoms with Gasteiger partial charge in [0, 0.05) is 6.42 Å². The van der Waals surface area contributed by atoms with Crippen LogP contribution in [0.1, 0.15) is 16.8 Å². The number of hydrogen-bond acceptors (Lipinski definition) is 6. The Labute approximate surface area is 104 Å². The molecule has 1 fully saturated rings. The number of rotatable bonds is 3. The number of methoxy groups -OCH3 is 1. The van der Waals surface area contributed by atoms with Gasteiger partial charge in [-0.15, -0.1) is 0 Å². The van der Waals surface area contributed by atoms with Gasteiger partial charge in [0.2, 0.25) is 0 Å². The molecule has 2 N–H and O–H groups in total. The van der Waals surface area contributed by atoms with Gasteiger partial charge < -0.3 is 19.9 Å². The van der Waals surface area contributed by atoms with Gasteiger partial charge >= 0.3 is 11.9 Å².